The fourth-order valence-corrected chi connectivity index (χ4v) is 1.50. The Hall–Kier alpha value is -2.14. The maximum Gasteiger partial charge on any atom is 0.247 e. The van der Waals surface area contributed by atoms with E-state index in [1.807, 2.05) is 37.3 Å². The zero-order chi connectivity index (χ0) is 12.3. The monoisotopic (exact) mass is 230 g/mol. The van der Waals surface area contributed by atoms with Gasteiger partial charge in [0.15, 0.2) is 5.82 Å². The van der Waals surface area contributed by atoms with Crippen LogP contribution in [-0.4, -0.2) is 16.1 Å². The molecular weight excluding hydrogens is 216 g/mol. The number of aromatic nitrogens is 2. The van der Waals surface area contributed by atoms with Gasteiger partial charge in [-0.2, -0.15) is 5.10 Å². The third-order valence-corrected chi connectivity index (χ3v) is 2.40. The van der Waals surface area contributed by atoms with Crippen molar-refractivity contribution in [2.45, 2.75) is 13.0 Å². The lowest BCUT2D eigenvalue weighted by atomic mass is 10.1. The molecular formula is C12H14N4O. The molecule has 0 radical (unpaired) electrons. The van der Waals surface area contributed by atoms with Crippen LogP contribution in [0.1, 0.15) is 17.3 Å². The number of nitrogens with two attached hydrogens (primary N) is 1. The van der Waals surface area contributed by atoms with E-state index < -0.39 is 6.04 Å². The molecule has 88 valence electrons. The first-order chi connectivity index (χ1) is 8.16. The Morgan fingerprint density at radius 2 is 2.12 bits per heavy atom. The van der Waals surface area contributed by atoms with E-state index in [1.54, 1.807) is 6.07 Å². The molecule has 0 bridgehead atoms. The molecule has 4 N–H and O–H groups in total. The highest BCUT2D eigenvalue weighted by Crippen LogP contribution is 2.12. The number of carbonyl (C=O) groups is 1. The number of anilines is 1. The lowest BCUT2D eigenvalue weighted by Gasteiger charge is -2.10. The summed E-state index contributed by atoms with van der Waals surface area (Å²) in [5.74, 6) is 0.210. The Kier molecular flexibility index (Phi) is 3.20. The number of nitrogens with zero attached hydrogens (tertiary/aromatic N) is 1. The van der Waals surface area contributed by atoms with Gasteiger partial charge in [0, 0.05) is 11.8 Å². The van der Waals surface area contributed by atoms with E-state index in [1.165, 1.54) is 0 Å². The molecule has 2 rings (SSSR count). The molecule has 5 nitrogen and oxygen atoms in total. The second-order valence-electron chi connectivity index (χ2n) is 3.81. The molecule has 0 unspecified atom stereocenters. The second-order valence-corrected chi connectivity index (χ2v) is 3.81. The predicted molar refractivity (Wildman–Crippen MR) is 65.3 cm³/mol. The summed E-state index contributed by atoms with van der Waals surface area (Å²) >= 11 is 0. The van der Waals surface area contributed by atoms with Gasteiger partial charge in [-0.05, 0) is 12.5 Å². The van der Waals surface area contributed by atoms with E-state index in [9.17, 15) is 4.79 Å². The van der Waals surface area contributed by atoms with E-state index in [4.69, 9.17) is 5.73 Å². The van der Waals surface area contributed by atoms with Crippen molar-refractivity contribution >= 4 is 11.7 Å². The van der Waals surface area contributed by atoms with Gasteiger partial charge < -0.3 is 11.1 Å². The number of aromatic amines is 1. The minimum Gasteiger partial charge on any atom is -0.316 e. The lowest BCUT2D eigenvalue weighted by molar-refractivity contribution is -0.117. The Labute approximate surface area is 99.0 Å². The number of nitrogens with one attached hydrogen (secondary N) is 2. The first kappa shape index (κ1) is 11.3. The summed E-state index contributed by atoms with van der Waals surface area (Å²) in [4.78, 5) is 11.8. The highest BCUT2D eigenvalue weighted by molar-refractivity contribution is 5.94. The zero-order valence-corrected chi connectivity index (χ0v) is 9.47. The van der Waals surface area contributed by atoms with Crippen molar-refractivity contribution in [3.05, 3.63) is 47.7 Å². The summed E-state index contributed by atoms with van der Waals surface area (Å²) in [6.07, 6.45) is 0. The number of hydrogen-bond acceptors (Lipinski definition) is 3. The van der Waals surface area contributed by atoms with E-state index in [2.05, 4.69) is 15.5 Å². The molecule has 1 aromatic heterocycles. The quantitative estimate of drug-likeness (QED) is 0.744. The molecule has 0 aliphatic heterocycles. The van der Waals surface area contributed by atoms with Crippen LogP contribution in [-0.2, 0) is 4.79 Å². The van der Waals surface area contributed by atoms with Crippen molar-refractivity contribution in [1.29, 1.82) is 0 Å². The van der Waals surface area contributed by atoms with Crippen molar-refractivity contribution in [3.8, 4) is 0 Å². The van der Waals surface area contributed by atoms with Crippen LogP contribution in [0.15, 0.2) is 36.4 Å². The largest absolute Gasteiger partial charge is 0.316 e. The fourth-order valence-electron chi connectivity index (χ4n) is 1.50. The molecule has 1 amide bonds. The molecule has 0 saturated carbocycles. The topological polar surface area (TPSA) is 83.8 Å². The molecule has 1 heterocycles. The van der Waals surface area contributed by atoms with Crippen LogP contribution in [0.4, 0.5) is 5.82 Å². The lowest BCUT2D eigenvalue weighted by Crippen LogP contribution is -2.27. The molecule has 0 aliphatic rings. The third kappa shape index (κ3) is 2.70. The van der Waals surface area contributed by atoms with Crippen LogP contribution in [0.25, 0.3) is 0 Å². The summed E-state index contributed by atoms with van der Waals surface area (Å²) in [6, 6.07) is 10.3. The molecule has 0 spiro atoms. The van der Waals surface area contributed by atoms with E-state index in [0.29, 0.717) is 5.82 Å². The highest BCUT2D eigenvalue weighted by atomic mass is 16.2. The predicted octanol–water partition coefficient (Wildman–Crippen LogP) is 1.36. The maximum absolute atomic E-state index is 11.8. The van der Waals surface area contributed by atoms with E-state index in [0.717, 1.165) is 11.3 Å². The van der Waals surface area contributed by atoms with Gasteiger partial charge in [0.25, 0.3) is 0 Å². The number of benzene rings is 1. The smallest absolute Gasteiger partial charge is 0.247 e. The summed E-state index contributed by atoms with van der Waals surface area (Å²) < 4.78 is 0. The fraction of sp³-hybridized carbons (Fsp3) is 0.167. The van der Waals surface area contributed by atoms with Crippen LogP contribution in [0.5, 0.6) is 0 Å². The summed E-state index contributed by atoms with van der Waals surface area (Å²) in [6.45, 7) is 1.86. The van der Waals surface area contributed by atoms with Crippen molar-refractivity contribution in [1.82, 2.24) is 10.2 Å². The average Bonchev–Trinajstić information content (AvgIpc) is 2.75. The van der Waals surface area contributed by atoms with Gasteiger partial charge in [0.05, 0.1) is 0 Å². The third-order valence-electron chi connectivity index (χ3n) is 2.40. The van der Waals surface area contributed by atoms with Crippen molar-refractivity contribution < 1.29 is 4.79 Å². The number of hydrogen-bond donors (Lipinski definition) is 3. The van der Waals surface area contributed by atoms with Crippen LogP contribution in [0, 0.1) is 6.92 Å². The van der Waals surface area contributed by atoms with E-state index in [-0.39, 0.29) is 5.91 Å². The van der Waals surface area contributed by atoms with E-state index >= 15 is 0 Å². The van der Waals surface area contributed by atoms with Crippen LogP contribution >= 0.6 is 0 Å². The van der Waals surface area contributed by atoms with Crippen molar-refractivity contribution in [3.63, 3.8) is 0 Å². The minimum atomic E-state index is -0.687. The first-order valence-corrected chi connectivity index (χ1v) is 5.30. The molecule has 0 fully saturated rings. The standard InChI is InChI=1S/C12H14N4O/c1-8-7-10(16-15-8)14-12(17)11(13)9-5-3-2-4-6-9/h2-7,11H,13H2,1H3,(H2,14,15,16,17)/t11-/m1/s1. The average molecular weight is 230 g/mol. The second kappa shape index (κ2) is 4.80. The highest BCUT2D eigenvalue weighted by Gasteiger charge is 2.16. The Morgan fingerprint density at radius 3 is 2.71 bits per heavy atom. The van der Waals surface area contributed by atoms with Crippen molar-refractivity contribution in [2.75, 3.05) is 5.32 Å². The van der Waals surface area contributed by atoms with Crippen LogP contribution in [0.3, 0.4) is 0 Å². The number of rotatable bonds is 3. The summed E-state index contributed by atoms with van der Waals surface area (Å²) in [5, 5.41) is 9.32. The zero-order valence-electron chi connectivity index (χ0n) is 9.47. The van der Waals surface area contributed by atoms with Gasteiger partial charge in [0.2, 0.25) is 5.91 Å². The molecule has 2 aromatic rings. The van der Waals surface area contributed by atoms with Gasteiger partial charge in [-0.3, -0.25) is 9.89 Å². The Morgan fingerprint density at radius 1 is 1.41 bits per heavy atom. The van der Waals surface area contributed by atoms with Crippen LogP contribution in [0.2, 0.25) is 0 Å². The molecule has 5 heteroatoms. The molecule has 1 atom stereocenters. The molecule has 1 aromatic carbocycles. The molecule has 17 heavy (non-hydrogen) atoms. The number of carbonyl (C=O) groups excluding carboxylic acids is 1. The van der Waals surface area contributed by atoms with Gasteiger partial charge in [0.1, 0.15) is 6.04 Å². The summed E-state index contributed by atoms with van der Waals surface area (Å²) in [7, 11) is 0. The van der Waals surface area contributed by atoms with Crippen molar-refractivity contribution in [2.24, 2.45) is 5.73 Å². The number of amides is 1. The number of H-pyrrole nitrogens is 1. The normalized spacial score (nSPS) is 12.1. The van der Waals surface area contributed by atoms with Gasteiger partial charge in [-0.15, -0.1) is 0 Å². The Bertz CT molecular complexity index is 506. The minimum absolute atomic E-state index is 0.275. The SMILES string of the molecule is Cc1cc(NC(=O)[C@H](N)c2ccccc2)n[nH]1. The number of aryl methyl sites for hydroxylation is 1. The van der Waals surface area contributed by atoms with Gasteiger partial charge in [-0.25, -0.2) is 0 Å². The summed E-state index contributed by atoms with van der Waals surface area (Å²) in [5.41, 5.74) is 7.50. The molecule has 0 aliphatic carbocycles. The molecule has 0 saturated heterocycles. The van der Waals surface area contributed by atoms with Crippen LogP contribution < -0.4 is 11.1 Å². The van der Waals surface area contributed by atoms with Gasteiger partial charge in [-0.1, -0.05) is 30.3 Å². The maximum atomic E-state index is 11.8. The van der Waals surface area contributed by atoms with Gasteiger partial charge >= 0.3 is 0 Å². The Balaban J connectivity index is 2.06. The first-order valence-electron chi connectivity index (χ1n) is 5.30.